The summed E-state index contributed by atoms with van der Waals surface area (Å²) in [5.74, 6) is 2.64. The molecule has 2 N–H and O–H groups in total. The number of aliphatic imine (C=N–C) groups is 1. The van der Waals surface area contributed by atoms with Crippen LogP contribution in [0.5, 0.6) is 0 Å². The van der Waals surface area contributed by atoms with E-state index in [0.29, 0.717) is 24.6 Å². The molecule has 5 heteroatoms. The summed E-state index contributed by atoms with van der Waals surface area (Å²) in [4.78, 5) is 7.13. The fraction of sp³-hybridized carbons (Fsp3) is 0.632. The minimum Gasteiger partial charge on any atom is -0.479 e. The lowest BCUT2D eigenvalue weighted by atomic mass is 9.90. The summed E-state index contributed by atoms with van der Waals surface area (Å²) in [6.45, 7) is 5.77. The summed E-state index contributed by atoms with van der Waals surface area (Å²) >= 11 is 0. The molecular weight excluding hydrogens is 302 g/mol. The van der Waals surface area contributed by atoms with Gasteiger partial charge in [-0.25, -0.2) is 0 Å². The summed E-state index contributed by atoms with van der Waals surface area (Å²) < 4.78 is 10.9. The summed E-state index contributed by atoms with van der Waals surface area (Å²) in [7, 11) is 0. The molecule has 0 aromatic heterocycles. The zero-order valence-corrected chi connectivity index (χ0v) is 14.8. The molecule has 132 valence electrons. The van der Waals surface area contributed by atoms with Crippen LogP contribution < -0.4 is 5.73 Å². The van der Waals surface area contributed by atoms with E-state index in [1.54, 1.807) is 0 Å². The average Bonchev–Trinajstić information content (AvgIpc) is 3.39. The van der Waals surface area contributed by atoms with E-state index in [4.69, 9.17) is 20.2 Å². The van der Waals surface area contributed by atoms with Gasteiger partial charge in [-0.15, -0.1) is 0 Å². The lowest BCUT2D eigenvalue weighted by molar-refractivity contribution is 0.203. The second-order valence-corrected chi connectivity index (χ2v) is 6.85. The van der Waals surface area contributed by atoms with Gasteiger partial charge < -0.3 is 20.1 Å². The molecule has 0 aromatic rings. The quantitative estimate of drug-likeness (QED) is 0.336. The first-order valence-electron chi connectivity index (χ1n) is 9.15. The van der Waals surface area contributed by atoms with E-state index in [-0.39, 0.29) is 0 Å². The summed E-state index contributed by atoms with van der Waals surface area (Å²) in [6, 6.07) is 1.02. The lowest BCUT2D eigenvalue weighted by Gasteiger charge is -2.34. The predicted molar refractivity (Wildman–Crippen MR) is 96.2 cm³/mol. The van der Waals surface area contributed by atoms with E-state index in [1.807, 2.05) is 13.1 Å². The molecule has 0 spiro atoms. The van der Waals surface area contributed by atoms with Crippen molar-refractivity contribution in [3.8, 4) is 0 Å². The van der Waals surface area contributed by atoms with Crippen LogP contribution in [0.3, 0.4) is 0 Å². The Morgan fingerprint density at radius 1 is 1.38 bits per heavy atom. The van der Waals surface area contributed by atoms with Gasteiger partial charge in [-0.05, 0) is 45.1 Å². The second kappa shape index (κ2) is 7.77. The van der Waals surface area contributed by atoms with E-state index in [2.05, 4.69) is 24.1 Å². The molecule has 0 amide bonds. The molecule has 0 unspecified atom stereocenters. The van der Waals surface area contributed by atoms with E-state index in [1.165, 1.54) is 12.8 Å². The SMILES string of the molecule is CCCCO/C(N)=C(\C)C=NC1CCC(N2C=C3OC3=CC2)CC1. The van der Waals surface area contributed by atoms with Gasteiger partial charge in [0.25, 0.3) is 0 Å². The van der Waals surface area contributed by atoms with Crippen molar-refractivity contribution < 1.29 is 9.47 Å². The Labute approximate surface area is 144 Å². The third-order valence-corrected chi connectivity index (χ3v) is 4.95. The van der Waals surface area contributed by atoms with Crippen molar-refractivity contribution in [3.63, 3.8) is 0 Å². The van der Waals surface area contributed by atoms with Crippen LogP contribution in [0.15, 0.2) is 40.2 Å². The number of nitrogens with zero attached hydrogens (tertiary/aromatic N) is 2. The van der Waals surface area contributed by atoms with Gasteiger partial charge in [-0.2, -0.15) is 0 Å². The molecule has 1 saturated heterocycles. The Kier molecular flexibility index (Phi) is 5.48. The van der Waals surface area contributed by atoms with E-state index in [9.17, 15) is 0 Å². The number of allylic oxidation sites excluding steroid dienone is 1. The fourth-order valence-electron chi connectivity index (χ4n) is 3.23. The number of rotatable bonds is 7. The van der Waals surface area contributed by atoms with Crippen molar-refractivity contribution in [2.75, 3.05) is 13.2 Å². The molecule has 24 heavy (non-hydrogen) atoms. The van der Waals surface area contributed by atoms with Crippen molar-refractivity contribution in [2.45, 2.75) is 64.5 Å². The van der Waals surface area contributed by atoms with Gasteiger partial charge >= 0.3 is 0 Å². The molecule has 0 aromatic carbocycles. The topological polar surface area (TPSA) is 63.4 Å². The number of epoxide rings is 1. The first kappa shape index (κ1) is 16.9. The van der Waals surface area contributed by atoms with Gasteiger partial charge in [0.05, 0.1) is 12.6 Å². The monoisotopic (exact) mass is 331 g/mol. The fourth-order valence-corrected chi connectivity index (χ4v) is 3.23. The molecule has 1 aliphatic carbocycles. The predicted octanol–water partition coefficient (Wildman–Crippen LogP) is 3.45. The van der Waals surface area contributed by atoms with Crippen LogP contribution in [0, 0.1) is 0 Å². The van der Waals surface area contributed by atoms with Crippen LogP contribution in [0.1, 0.15) is 52.4 Å². The van der Waals surface area contributed by atoms with Gasteiger partial charge in [0.15, 0.2) is 17.4 Å². The maximum atomic E-state index is 5.95. The third-order valence-electron chi connectivity index (χ3n) is 4.95. The molecule has 0 bridgehead atoms. The van der Waals surface area contributed by atoms with Crippen molar-refractivity contribution >= 4 is 6.21 Å². The lowest BCUT2D eigenvalue weighted by Crippen LogP contribution is -2.36. The number of ether oxygens (including phenoxy) is 2. The van der Waals surface area contributed by atoms with Gasteiger partial charge in [-0.1, -0.05) is 13.3 Å². The summed E-state index contributed by atoms with van der Waals surface area (Å²) in [5.41, 5.74) is 6.87. The van der Waals surface area contributed by atoms with Crippen LogP contribution in [0.2, 0.25) is 0 Å². The Morgan fingerprint density at radius 3 is 2.88 bits per heavy atom. The second-order valence-electron chi connectivity index (χ2n) is 6.85. The largest absolute Gasteiger partial charge is 0.479 e. The minimum atomic E-state index is 0.403. The molecule has 2 fully saturated rings. The van der Waals surface area contributed by atoms with Gasteiger partial charge in [-0.3, -0.25) is 4.99 Å². The number of hydrogen-bond acceptors (Lipinski definition) is 5. The van der Waals surface area contributed by atoms with Crippen molar-refractivity contribution in [2.24, 2.45) is 10.7 Å². The highest BCUT2D eigenvalue weighted by Crippen LogP contribution is 2.37. The van der Waals surface area contributed by atoms with Gasteiger partial charge in [0, 0.05) is 30.6 Å². The Morgan fingerprint density at radius 2 is 2.17 bits per heavy atom. The van der Waals surface area contributed by atoms with E-state index >= 15 is 0 Å². The first-order valence-corrected chi connectivity index (χ1v) is 9.15. The maximum absolute atomic E-state index is 5.95. The van der Waals surface area contributed by atoms with Crippen LogP contribution in [0.25, 0.3) is 0 Å². The van der Waals surface area contributed by atoms with Crippen LogP contribution >= 0.6 is 0 Å². The standard InChI is InChI=1S/C19H29N3O2/c1-3-4-11-23-19(20)14(2)12-21-15-5-7-16(8-6-15)22-10-9-17-18(13-22)24-17/h9,12-13,15-16H,3-8,10-11,20H2,1-2H3/b19-14+,21-12?. The highest BCUT2D eigenvalue weighted by molar-refractivity contribution is 5.78. The van der Waals surface area contributed by atoms with Gasteiger partial charge in [0.2, 0.25) is 0 Å². The molecule has 5 nitrogen and oxygen atoms in total. The molecule has 0 radical (unpaired) electrons. The third kappa shape index (κ3) is 4.34. The Bertz CT molecular complexity index is 569. The van der Waals surface area contributed by atoms with E-state index < -0.39 is 0 Å². The average molecular weight is 331 g/mol. The van der Waals surface area contributed by atoms with Crippen LogP contribution in [0.4, 0.5) is 0 Å². The minimum absolute atomic E-state index is 0.403. The van der Waals surface area contributed by atoms with Crippen molar-refractivity contribution in [1.82, 2.24) is 4.90 Å². The maximum Gasteiger partial charge on any atom is 0.188 e. The highest BCUT2D eigenvalue weighted by Gasteiger charge is 2.32. The number of nitrogens with two attached hydrogens (primary N) is 1. The van der Waals surface area contributed by atoms with Gasteiger partial charge in [0.1, 0.15) is 0 Å². The zero-order valence-electron chi connectivity index (χ0n) is 14.8. The number of unbranched alkanes of at least 4 members (excludes halogenated alkanes) is 1. The smallest absolute Gasteiger partial charge is 0.188 e. The van der Waals surface area contributed by atoms with Crippen molar-refractivity contribution in [1.29, 1.82) is 0 Å². The van der Waals surface area contributed by atoms with Crippen LogP contribution in [-0.2, 0) is 9.47 Å². The summed E-state index contributed by atoms with van der Waals surface area (Å²) in [5, 5.41) is 0. The van der Waals surface area contributed by atoms with Crippen molar-refractivity contribution in [3.05, 3.63) is 35.3 Å². The zero-order chi connectivity index (χ0) is 16.9. The summed E-state index contributed by atoms with van der Waals surface area (Å²) in [6.07, 6.45) is 13.0. The Balaban J connectivity index is 1.43. The molecule has 2 aliphatic heterocycles. The Hall–Kier alpha value is -1.91. The molecule has 0 atom stereocenters. The molecule has 1 saturated carbocycles. The number of fused-ring (bicyclic) bond motifs is 1. The molecule has 2 heterocycles. The highest BCUT2D eigenvalue weighted by atomic mass is 16.6. The first-order chi connectivity index (χ1) is 11.7. The molecular formula is C19H29N3O2. The van der Waals surface area contributed by atoms with Crippen LogP contribution in [-0.4, -0.2) is 36.3 Å². The molecule has 3 aliphatic rings. The van der Waals surface area contributed by atoms with E-state index in [0.717, 1.165) is 49.3 Å². The number of hydrogen-bond donors (Lipinski definition) is 1. The molecule has 3 rings (SSSR count). The normalized spacial score (nSPS) is 27.0.